The second-order valence-corrected chi connectivity index (χ2v) is 6.25. The third-order valence-electron chi connectivity index (χ3n) is 4.54. The normalized spacial score (nSPS) is 16.2. The lowest BCUT2D eigenvalue weighted by atomic mass is 10.0. The second-order valence-electron chi connectivity index (χ2n) is 6.25. The van der Waals surface area contributed by atoms with E-state index in [9.17, 15) is 14.3 Å². The molecule has 0 saturated carbocycles. The predicted octanol–water partition coefficient (Wildman–Crippen LogP) is 2.94. The Morgan fingerprint density at radius 1 is 1.12 bits per heavy atom. The van der Waals surface area contributed by atoms with Gasteiger partial charge in [-0.05, 0) is 29.8 Å². The van der Waals surface area contributed by atoms with E-state index in [4.69, 9.17) is 9.47 Å². The lowest BCUT2D eigenvalue weighted by Crippen LogP contribution is -2.43. The zero-order valence-electron chi connectivity index (χ0n) is 14.6. The fourth-order valence-electron chi connectivity index (χ4n) is 3.05. The number of benzene rings is 2. The Kier molecular flexibility index (Phi) is 5.73. The van der Waals surface area contributed by atoms with Crippen LogP contribution in [0.5, 0.6) is 11.5 Å². The van der Waals surface area contributed by atoms with Gasteiger partial charge in [0.25, 0.3) is 5.91 Å². The van der Waals surface area contributed by atoms with Crippen LogP contribution in [0, 0.1) is 5.82 Å². The number of hydrogen-bond donors (Lipinski definition) is 1. The molecule has 1 amide bonds. The highest BCUT2D eigenvalue weighted by molar-refractivity contribution is 5.82. The summed E-state index contributed by atoms with van der Waals surface area (Å²) in [6.45, 7) is 0.994. The molecule has 0 aromatic heterocycles. The van der Waals surface area contributed by atoms with Crippen molar-refractivity contribution < 1.29 is 23.8 Å². The Bertz CT molecular complexity index is 742. The van der Waals surface area contributed by atoms with Crippen LogP contribution >= 0.6 is 0 Å². The fourth-order valence-corrected chi connectivity index (χ4v) is 3.05. The Balaban J connectivity index is 1.56. The van der Waals surface area contributed by atoms with Gasteiger partial charge in [-0.25, -0.2) is 4.39 Å². The summed E-state index contributed by atoms with van der Waals surface area (Å²) in [4.78, 5) is 14.1. The van der Waals surface area contributed by atoms with E-state index in [1.165, 1.54) is 24.3 Å². The van der Waals surface area contributed by atoms with Gasteiger partial charge in [-0.3, -0.25) is 4.79 Å². The quantitative estimate of drug-likeness (QED) is 0.892. The number of rotatable bonds is 5. The maximum absolute atomic E-state index is 13.0. The summed E-state index contributed by atoms with van der Waals surface area (Å²) in [5.41, 5.74) is 0.392. The average molecular weight is 359 g/mol. The number of amides is 1. The maximum Gasteiger partial charge on any atom is 0.256 e. The molecule has 0 radical (unpaired) electrons. The topological polar surface area (TPSA) is 59.0 Å². The third kappa shape index (κ3) is 4.14. The predicted molar refractivity (Wildman–Crippen MR) is 94.6 cm³/mol. The number of halogens is 1. The Morgan fingerprint density at radius 3 is 2.35 bits per heavy atom. The molecule has 0 aliphatic carbocycles. The highest BCUT2D eigenvalue weighted by Crippen LogP contribution is 2.29. The van der Waals surface area contributed by atoms with Crippen molar-refractivity contribution in [1.82, 2.24) is 4.90 Å². The van der Waals surface area contributed by atoms with E-state index in [0.29, 0.717) is 43.0 Å². The Hall–Kier alpha value is -2.60. The summed E-state index contributed by atoms with van der Waals surface area (Å²) in [6, 6.07) is 12.8. The molecule has 5 nitrogen and oxygen atoms in total. The van der Waals surface area contributed by atoms with Crippen LogP contribution in [0.4, 0.5) is 4.39 Å². The molecule has 0 unspecified atom stereocenters. The van der Waals surface area contributed by atoms with Crippen molar-refractivity contribution in [1.29, 1.82) is 0 Å². The van der Waals surface area contributed by atoms with Gasteiger partial charge in [0.05, 0.1) is 7.11 Å². The summed E-state index contributed by atoms with van der Waals surface area (Å²) in [6.07, 6.45) is 0.0421. The minimum atomic E-state index is -1.28. The van der Waals surface area contributed by atoms with Crippen molar-refractivity contribution >= 4 is 5.91 Å². The van der Waals surface area contributed by atoms with Crippen LogP contribution in [-0.4, -0.2) is 42.2 Å². The van der Waals surface area contributed by atoms with E-state index in [-0.39, 0.29) is 12.0 Å². The zero-order valence-corrected chi connectivity index (χ0v) is 14.6. The molecule has 1 aliphatic heterocycles. The van der Waals surface area contributed by atoms with Gasteiger partial charge in [-0.1, -0.05) is 24.3 Å². The molecule has 1 aliphatic rings. The van der Waals surface area contributed by atoms with Crippen molar-refractivity contribution in [2.75, 3.05) is 20.2 Å². The van der Waals surface area contributed by atoms with Gasteiger partial charge in [0.1, 0.15) is 11.9 Å². The Labute approximate surface area is 152 Å². The van der Waals surface area contributed by atoms with Crippen LogP contribution < -0.4 is 9.47 Å². The molecule has 3 rings (SSSR count). The smallest absolute Gasteiger partial charge is 0.256 e. The van der Waals surface area contributed by atoms with E-state index in [2.05, 4.69) is 0 Å². The molecule has 0 spiro atoms. The number of aliphatic hydroxyl groups excluding tert-OH is 1. The van der Waals surface area contributed by atoms with Crippen molar-refractivity contribution in [2.45, 2.75) is 25.0 Å². The first-order valence-electron chi connectivity index (χ1n) is 8.60. The van der Waals surface area contributed by atoms with Crippen LogP contribution in [0.2, 0.25) is 0 Å². The molecule has 1 fully saturated rings. The lowest BCUT2D eigenvalue weighted by Gasteiger charge is -2.33. The number of ether oxygens (including phenoxy) is 2. The minimum Gasteiger partial charge on any atom is -0.493 e. The van der Waals surface area contributed by atoms with Crippen LogP contribution in [0.3, 0.4) is 0 Å². The molecule has 6 heteroatoms. The number of methoxy groups -OCH3 is 1. The monoisotopic (exact) mass is 359 g/mol. The number of carbonyl (C=O) groups excluding carboxylic acids is 1. The molecule has 1 heterocycles. The van der Waals surface area contributed by atoms with E-state index < -0.39 is 11.9 Å². The highest BCUT2D eigenvalue weighted by Gasteiger charge is 2.29. The van der Waals surface area contributed by atoms with Crippen LogP contribution in [0.1, 0.15) is 24.5 Å². The van der Waals surface area contributed by atoms with E-state index in [1.807, 2.05) is 24.3 Å². The van der Waals surface area contributed by atoms with Gasteiger partial charge >= 0.3 is 0 Å². The molecule has 1 saturated heterocycles. The first-order chi connectivity index (χ1) is 12.6. The highest BCUT2D eigenvalue weighted by atomic mass is 19.1. The van der Waals surface area contributed by atoms with Crippen molar-refractivity contribution in [3.63, 3.8) is 0 Å². The van der Waals surface area contributed by atoms with Gasteiger partial charge < -0.3 is 19.5 Å². The molecule has 2 aromatic carbocycles. The number of nitrogens with zero attached hydrogens (tertiary/aromatic N) is 1. The summed E-state index contributed by atoms with van der Waals surface area (Å²) in [5, 5.41) is 10.2. The SMILES string of the molecule is COc1ccccc1OC1CCN(C(=O)[C@@H](O)c2ccc(F)cc2)CC1. The Morgan fingerprint density at radius 2 is 1.73 bits per heavy atom. The van der Waals surface area contributed by atoms with Gasteiger partial charge in [-0.2, -0.15) is 0 Å². The average Bonchev–Trinajstić information content (AvgIpc) is 2.68. The first-order valence-corrected chi connectivity index (χ1v) is 8.60. The second kappa shape index (κ2) is 8.19. The number of carbonyl (C=O) groups is 1. The standard InChI is InChI=1S/C20H22FNO4/c1-25-17-4-2-3-5-18(17)26-16-10-12-22(13-11-16)20(24)19(23)14-6-8-15(21)9-7-14/h2-9,16,19,23H,10-13H2,1H3/t19-/m0/s1. The van der Waals surface area contributed by atoms with Crippen LogP contribution in [-0.2, 0) is 4.79 Å². The van der Waals surface area contributed by atoms with Gasteiger partial charge in [0.2, 0.25) is 0 Å². The molecule has 2 aromatic rings. The summed E-state index contributed by atoms with van der Waals surface area (Å²) in [5.74, 6) is 0.596. The third-order valence-corrected chi connectivity index (χ3v) is 4.54. The molecular formula is C20H22FNO4. The maximum atomic E-state index is 13.0. The molecule has 138 valence electrons. The molecule has 26 heavy (non-hydrogen) atoms. The van der Waals surface area contributed by atoms with E-state index in [1.54, 1.807) is 12.0 Å². The molecular weight excluding hydrogens is 337 g/mol. The minimum absolute atomic E-state index is 0.0154. The van der Waals surface area contributed by atoms with Crippen LogP contribution in [0.15, 0.2) is 48.5 Å². The largest absolute Gasteiger partial charge is 0.493 e. The van der Waals surface area contributed by atoms with E-state index in [0.717, 1.165) is 0 Å². The summed E-state index contributed by atoms with van der Waals surface area (Å²) < 4.78 is 24.3. The molecule has 1 atom stereocenters. The van der Waals surface area contributed by atoms with Crippen LogP contribution in [0.25, 0.3) is 0 Å². The lowest BCUT2D eigenvalue weighted by molar-refractivity contribution is -0.142. The number of hydrogen-bond acceptors (Lipinski definition) is 4. The van der Waals surface area contributed by atoms with Gasteiger partial charge in [0.15, 0.2) is 17.6 Å². The number of para-hydroxylation sites is 2. The van der Waals surface area contributed by atoms with Crippen molar-refractivity contribution in [3.05, 3.63) is 59.9 Å². The van der Waals surface area contributed by atoms with Crippen molar-refractivity contribution in [2.24, 2.45) is 0 Å². The van der Waals surface area contributed by atoms with Crippen molar-refractivity contribution in [3.8, 4) is 11.5 Å². The van der Waals surface area contributed by atoms with Gasteiger partial charge in [-0.15, -0.1) is 0 Å². The molecule has 0 bridgehead atoms. The van der Waals surface area contributed by atoms with Gasteiger partial charge in [0, 0.05) is 25.9 Å². The zero-order chi connectivity index (χ0) is 18.5. The first kappa shape index (κ1) is 18.2. The molecule has 1 N–H and O–H groups in total. The number of likely N-dealkylation sites (tertiary alicyclic amines) is 1. The summed E-state index contributed by atoms with van der Waals surface area (Å²) >= 11 is 0. The number of piperidine rings is 1. The van der Waals surface area contributed by atoms with E-state index >= 15 is 0 Å². The summed E-state index contributed by atoms with van der Waals surface area (Å²) in [7, 11) is 1.60. The fraction of sp³-hybridized carbons (Fsp3) is 0.350. The number of aliphatic hydroxyl groups is 1.